The molecule has 2 aliphatic rings. The first kappa shape index (κ1) is 12.0. The highest BCUT2D eigenvalue weighted by Gasteiger charge is 2.14. The van der Waals surface area contributed by atoms with Crippen molar-refractivity contribution in [3.63, 3.8) is 0 Å². The van der Waals surface area contributed by atoms with Crippen LogP contribution in [0.4, 0.5) is 0 Å². The van der Waals surface area contributed by atoms with Crippen molar-refractivity contribution in [1.29, 1.82) is 0 Å². The Bertz CT molecular complexity index is 693. The van der Waals surface area contributed by atoms with Crippen LogP contribution in [-0.2, 0) is 0 Å². The Morgan fingerprint density at radius 1 is 0.632 bits per heavy atom. The minimum absolute atomic E-state index is 1.30. The van der Waals surface area contributed by atoms with E-state index in [0.717, 1.165) is 0 Å². The normalized spacial score (nSPS) is 10.9. The SMILES string of the molecule is Cc1cc(C)c2ccc(-c3ccccc3)c-2c(C)c1. The zero-order chi connectivity index (χ0) is 13.4. The largest absolute Gasteiger partial charge is 0.0622 e. The van der Waals surface area contributed by atoms with E-state index in [9.17, 15) is 0 Å². The Labute approximate surface area is 115 Å². The number of aryl methyl sites for hydroxylation is 3. The Hall–Kier alpha value is -2.08. The van der Waals surface area contributed by atoms with Gasteiger partial charge in [-0.05, 0) is 54.2 Å². The van der Waals surface area contributed by atoms with Crippen molar-refractivity contribution in [3.05, 3.63) is 71.3 Å². The second-order valence-corrected chi connectivity index (χ2v) is 5.30. The smallest absolute Gasteiger partial charge is 0.00734 e. The van der Waals surface area contributed by atoms with Crippen LogP contribution in [0.5, 0.6) is 0 Å². The first-order valence-electron chi connectivity index (χ1n) is 6.73. The molecule has 0 fully saturated rings. The highest BCUT2D eigenvalue weighted by atomic mass is 14.2. The lowest BCUT2D eigenvalue weighted by Crippen LogP contribution is -1.82. The average molecular weight is 246 g/mol. The predicted molar refractivity (Wildman–Crippen MR) is 82.7 cm³/mol. The van der Waals surface area contributed by atoms with Crippen molar-refractivity contribution in [1.82, 2.24) is 0 Å². The van der Waals surface area contributed by atoms with Gasteiger partial charge in [0.15, 0.2) is 0 Å². The summed E-state index contributed by atoms with van der Waals surface area (Å²) >= 11 is 0. The minimum atomic E-state index is 1.30. The lowest BCUT2D eigenvalue weighted by Gasteiger charge is -2.06. The molecule has 2 aliphatic carbocycles. The van der Waals surface area contributed by atoms with Crippen LogP contribution in [0.1, 0.15) is 16.7 Å². The van der Waals surface area contributed by atoms with E-state index in [-0.39, 0.29) is 0 Å². The second-order valence-electron chi connectivity index (χ2n) is 5.30. The van der Waals surface area contributed by atoms with Crippen LogP contribution in [0.3, 0.4) is 0 Å². The Morgan fingerprint density at radius 3 is 2.00 bits per heavy atom. The van der Waals surface area contributed by atoms with Crippen molar-refractivity contribution in [3.8, 4) is 22.3 Å². The van der Waals surface area contributed by atoms with E-state index in [4.69, 9.17) is 0 Å². The number of rotatable bonds is 1. The first-order valence-corrected chi connectivity index (χ1v) is 6.73. The maximum atomic E-state index is 2.28. The Balaban J connectivity index is 2.33. The second kappa shape index (κ2) is 4.55. The standard InChI is InChI=1S/C19H18/c1-13-11-14(2)17-9-10-18(19(17)15(3)12-13)16-7-5-4-6-8-16/h4-12H,1-3H3. The van der Waals surface area contributed by atoms with E-state index in [0.29, 0.717) is 0 Å². The topological polar surface area (TPSA) is 0 Å². The molecule has 0 amide bonds. The highest BCUT2D eigenvalue weighted by Crippen LogP contribution is 2.39. The molecule has 0 unspecified atom stereocenters. The molecule has 0 radical (unpaired) electrons. The molecule has 3 rings (SSSR count). The summed E-state index contributed by atoms with van der Waals surface area (Å²) in [6.45, 7) is 6.58. The molecular formula is C19H18. The van der Waals surface area contributed by atoms with Crippen LogP contribution >= 0.6 is 0 Å². The summed E-state index contributed by atoms with van der Waals surface area (Å²) in [4.78, 5) is 0. The van der Waals surface area contributed by atoms with Gasteiger partial charge in [-0.2, -0.15) is 0 Å². The van der Waals surface area contributed by atoms with E-state index < -0.39 is 0 Å². The first-order chi connectivity index (χ1) is 9.16. The van der Waals surface area contributed by atoms with Crippen LogP contribution in [0.2, 0.25) is 0 Å². The maximum absolute atomic E-state index is 2.28. The number of hydrogen-bond acceptors (Lipinski definition) is 0. The van der Waals surface area contributed by atoms with Crippen LogP contribution in [0, 0.1) is 20.8 Å². The van der Waals surface area contributed by atoms with Gasteiger partial charge in [-0.25, -0.2) is 0 Å². The molecule has 1 aromatic carbocycles. The highest BCUT2D eigenvalue weighted by molar-refractivity contribution is 5.89. The minimum Gasteiger partial charge on any atom is -0.0622 e. The third kappa shape index (κ3) is 2.04. The third-order valence-electron chi connectivity index (χ3n) is 3.75. The van der Waals surface area contributed by atoms with Crippen molar-refractivity contribution in [2.75, 3.05) is 0 Å². The summed E-state index contributed by atoms with van der Waals surface area (Å²) in [5.74, 6) is 0. The fourth-order valence-corrected chi connectivity index (χ4v) is 2.96. The number of hydrogen-bond donors (Lipinski definition) is 0. The summed E-state index contributed by atoms with van der Waals surface area (Å²) in [5, 5.41) is 0. The number of benzene rings is 1. The van der Waals surface area contributed by atoms with Crippen molar-refractivity contribution in [2.45, 2.75) is 20.8 Å². The molecule has 0 aromatic heterocycles. The molecule has 0 saturated carbocycles. The fourth-order valence-electron chi connectivity index (χ4n) is 2.96. The van der Waals surface area contributed by atoms with Gasteiger partial charge in [0.1, 0.15) is 0 Å². The molecule has 0 N–H and O–H groups in total. The van der Waals surface area contributed by atoms with Gasteiger partial charge >= 0.3 is 0 Å². The number of fused-ring (bicyclic) bond motifs is 1. The fraction of sp³-hybridized carbons (Fsp3) is 0.158. The van der Waals surface area contributed by atoms with Crippen LogP contribution in [0.25, 0.3) is 22.3 Å². The molecular weight excluding hydrogens is 228 g/mol. The molecule has 0 saturated heterocycles. The van der Waals surface area contributed by atoms with E-state index >= 15 is 0 Å². The van der Waals surface area contributed by atoms with Crippen molar-refractivity contribution in [2.24, 2.45) is 0 Å². The van der Waals surface area contributed by atoms with E-state index in [1.807, 2.05) is 0 Å². The molecule has 19 heavy (non-hydrogen) atoms. The molecule has 0 spiro atoms. The summed E-state index contributed by atoms with van der Waals surface area (Å²) in [5.41, 5.74) is 9.41. The van der Waals surface area contributed by atoms with Crippen LogP contribution in [-0.4, -0.2) is 0 Å². The van der Waals surface area contributed by atoms with Gasteiger partial charge < -0.3 is 0 Å². The molecule has 0 heterocycles. The van der Waals surface area contributed by atoms with Gasteiger partial charge in [0, 0.05) is 0 Å². The van der Waals surface area contributed by atoms with Gasteiger partial charge in [0.2, 0.25) is 0 Å². The van der Waals surface area contributed by atoms with Gasteiger partial charge in [-0.15, -0.1) is 0 Å². The average Bonchev–Trinajstić information content (AvgIpc) is 2.80. The third-order valence-corrected chi connectivity index (χ3v) is 3.75. The quantitative estimate of drug-likeness (QED) is 0.540. The van der Waals surface area contributed by atoms with Gasteiger partial charge in [0.05, 0.1) is 0 Å². The molecule has 1 aromatic rings. The lowest BCUT2D eigenvalue weighted by atomic mass is 9.97. The van der Waals surface area contributed by atoms with E-state index in [1.54, 1.807) is 0 Å². The molecule has 94 valence electrons. The van der Waals surface area contributed by atoms with Gasteiger partial charge in [-0.1, -0.05) is 60.2 Å². The van der Waals surface area contributed by atoms with E-state index in [2.05, 4.69) is 75.4 Å². The predicted octanol–water partition coefficient (Wildman–Crippen LogP) is 5.38. The molecule has 0 heteroatoms. The monoisotopic (exact) mass is 246 g/mol. The Morgan fingerprint density at radius 2 is 1.26 bits per heavy atom. The summed E-state index contributed by atoms with van der Waals surface area (Å²) < 4.78 is 0. The van der Waals surface area contributed by atoms with Crippen LogP contribution in [0.15, 0.2) is 54.6 Å². The van der Waals surface area contributed by atoms with Gasteiger partial charge in [0.25, 0.3) is 0 Å². The summed E-state index contributed by atoms with van der Waals surface area (Å²) in [7, 11) is 0. The molecule has 0 aliphatic heterocycles. The summed E-state index contributed by atoms with van der Waals surface area (Å²) in [6, 6.07) is 19.7. The Kier molecular flexibility index (Phi) is 2.87. The van der Waals surface area contributed by atoms with Crippen molar-refractivity contribution >= 4 is 0 Å². The zero-order valence-electron chi connectivity index (χ0n) is 11.7. The van der Waals surface area contributed by atoms with Crippen LogP contribution < -0.4 is 0 Å². The zero-order valence-corrected chi connectivity index (χ0v) is 11.7. The maximum Gasteiger partial charge on any atom is -0.00734 e. The van der Waals surface area contributed by atoms with Gasteiger partial charge in [-0.3, -0.25) is 0 Å². The molecule has 0 nitrogen and oxygen atoms in total. The molecule has 0 bridgehead atoms. The lowest BCUT2D eigenvalue weighted by molar-refractivity contribution is 1.42. The molecule has 0 atom stereocenters. The summed E-state index contributed by atoms with van der Waals surface area (Å²) in [6.07, 6.45) is 0. The van der Waals surface area contributed by atoms with Crippen molar-refractivity contribution < 1.29 is 0 Å². The van der Waals surface area contributed by atoms with E-state index in [1.165, 1.54) is 38.9 Å².